The Morgan fingerprint density at radius 1 is 1.07 bits per heavy atom. The van der Waals surface area contributed by atoms with Crippen molar-refractivity contribution in [2.24, 2.45) is 5.92 Å². The minimum absolute atomic E-state index is 0.937. The van der Waals surface area contributed by atoms with Gasteiger partial charge >= 0.3 is 0 Å². The van der Waals surface area contributed by atoms with Gasteiger partial charge in [0.2, 0.25) is 0 Å². The van der Waals surface area contributed by atoms with E-state index in [2.05, 4.69) is 18.2 Å². The second-order valence-corrected chi connectivity index (χ2v) is 5.37. The maximum absolute atomic E-state index is 2.75. The minimum Gasteiger partial charge on any atom is -0.300 e. The topological polar surface area (TPSA) is 3.24 Å². The highest BCUT2D eigenvalue weighted by atomic mass is 15.2. The molecule has 0 aromatic carbocycles. The van der Waals surface area contributed by atoms with Crippen LogP contribution in [0.5, 0.6) is 0 Å². The van der Waals surface area contributed by atoms with E-state index in [0.29, 0.717) is 0 Å². The number of likely N-dealkylation sites (tertiary alicyclic amines) is 1. The van der Waals surface area contributed by atoms with E-state index < -0.39 is 0 Å². The Hall–Kier alpha value is -0.0400. The van der Waals surface area contributed by atoms with Crippen molar-refractivity contribution >= 4 is 0 Å². The molecule has 1 nitrogen and oxygen atoms in total. The van der Waals surface area contributed by atoms with Crippen LogP contribution in [0, 0.1) is 12.3 Å². The molecule has 0 aromatic heterocycles. The second-order valence-electron chi connectivity index (χ2n) is 5.37. The second kappa shape index (κ2) is 5.89. The van der Waals surface area contributed by atoms with Crippen molar-refractivity contribution in [3.8, 4) is 0 Å². The first kappa shape index (κ1) is 11.4. The van der Waals surface area contributed by atoms with Gasteiger partial charge in [-0.15, -0.1) is 0 Å². The van der Waals surface area contributed by atoms with Crippen molar-refractivity contribution in [1.29, 1.82) is 0 Å². The fourth-order valence-electron chi connectivity index (χ4n) is 3.34. The molecule has 0 N–H and O–H groups in total. The molecule has 1 aliphatic heterocycles. The lowest BCUT2D eigenvalue weighted by Crippen LogP contribution is -2.41. The Balaban J connectivity index is 1.72. The molecule has 1 radical (unpaired) electrons. The van der Waals surface area contributed by atoms with Gasteiger partial charge in [-0.3, -0.25) is 0 Å². The first-order valence-electron chi connectivity index (χ1n) is 6.96. The van der Waals surface area contributed by atoms with Crippen molar-refractivity contribution in [3.05, 3.63) is 6.42 Å². The van der Waals surface area contributed by atoms with Crippen molar-refractivity contribution in [3.63, 3.8) is 0 Å². The Morgan fingerprint density at radius 3 is 2.33 bits per heavy atom. The molecule has 2 rings (SSSR count). The van der Waals surface area contributed by atoms with Gasteiger partial charge in [-0.05, 0) is 64.0 Å². The SMILES string of the molecule is CCCC1CCC(N2CC[CH]CC2)CC1. The number of piperidine rings is 1. The highest BCUT2D eigenvalue weighted by molar-refractivity contribution is 4.84. The smallest absolute Gasteiger partial charge is 0.00954 e. The van der Waals surface area contributed by atoms with Gasteiger partial charge in [0, 0.05) is 6.04 Å². The fourth-order valence-corrected chi connectivity index (χ4v) is 3.34. The van der Waals surface area contributed by atoms with Crippen LogP contribution in [0.3, 0.4) is 0 Å². The summed E-state index contributed by atoms with van der Waals surface area (Å²) in [6.07, 6.45) is 13.9. The number of nitrogens with zero attached hydrogens (tertiary/aromatic N) is 1. The van der Waals surface area contributed by atoms with E-state index in [-0.39, 0.29) is 0 Å². The third-order valence-electron chi connectivity index (χ3n) is 4.27. The van der Waals surface area contributed by atoms with Crippen molar-refractivity contribution in [1.82, 2.24) is 4.90 Å². The van der Waals surface area contributed by atoms with Crippen LogP contribution < -0.4 is 0 Å². The van der Waals surface area contributed by atoms with Crippen LogP contribution >= 0.6 is 0 Å². The van der Waals surface area contributed by atoms with Crippen molar-refractivity contribution in [2.75, 3.05) is 13.1 Å². The third-order valence-corrected chi connectivity index (χ3v) is 4.27. The van der Waals surface area contributed by atoms with Gasteiger partial charge in [-0.1, -0.05) is 19.8 Å². The molecule has 2 fully saturated rings. The van der Waals surface area contributed by atoms with Crippen LogP contribution in [-0.4, -0.2) is 24.0 Å². The van der Waals surface area contributed by atoms with E-state index in [0.717, 1.165) is 12.0 Å². The van der Waals surface area contributed by atoms with Gasteiger partial charge in [0.15, 0.2) is 0 Å². The maximum Gasteiger partial charge on any atom is 0.00954 e. The van der Waals surface area contributed by atoms with Gasteiger partial charge in [0.25, 0.3) is 0 Å². The molecular weight excluding hydrogens is 182 g/mol. The number of hydrogen-bond donors (Lipinski definition) is 0. The molecule has 0 bridgehead atoms. The van der Waals surface area contributed by atoms with Crippen LogP contribution in [0.15, 0.2) is 0 Å². The molecule has 0 amide bonds. The zero-order chi connectivity index (χ0) is 10.5. The lowest BCUT2D eigenvalue weighted by atomic mass is 9.82. The summed E-state index contributed by atoms with van der Waals surface area (Å²) in [4.78, 5) is 2.75. The summed E-state index contributed by atoms with van der Waals surface area (Å²) in [6.45, 7) is 5.00. The average molecular weight is 208 g/mol. The predicted octanol–water partition coefficient (Wildman–Crippen LogP) is 3.65. The molecule has 87 valence electrons. The largest absolute Gasteiger partial charge is 0.300 e. The summed E-state index contributed by atoms with van der Waals surface area (Å²) in [6, 6.07) is 0.937. The zero-order valence-corrected chi connectivity index (χ0v) is 10.3. The van der Waals surface area contributed by atoms with Gasteiger partial charge in [0.05, 0.1) is 0 Å². The molecule has 1 saturated heterocycles. The molecule has 0 atom stereocenters. The molecule has 1 heteroatoms. The number of rotatable bonds is 3. The van der Waals surface area contributed by atoms with Gasteiger partial charge in [0.1, 0.15) is 0 Å². The Kier molecular flexibility index (Phi) is 4.49. The zero-order valence-electron chi connectivity index (χ0n) is 10.3. The summed E-state index contributed by atoms with van der Waals surface area (Å²) in [7, 11) is 0. The maximum atomic E-state index is 2.75. The minimum atomic E-state index is 0.937. The van der Waals surface area contributed by atoms with Crippen LogP contribution in [-0.2, 0) is 0 Å². The van der Waals surface area contributed by atoms with E-state index in [9.17, 15) is 0 Å². The molecule has 2 aliphatic rings. The van der Waals surface area contributed by atoms with E-state index in [1.54, 1.807) is 0 Å². The van der Waals surface area contributed by atoms with E-state index >= 15 is 0 Å². The quantitative estimate of drug-likeness (QED) is 0.684. The predicted molar refractivity (Wildman–Crippen MR) is 65.8 cm³/mol. The third kappa shape index (κ3) is 3.21. The molecule has 0 aromatic rings. The summed E-state index contributed by atoms with van der Waals surface area (Å²) >= 11 is 0. The lowest BCUT2D eigenvalue weighted by molar-refractivity contribution is 0.124. The van der Waals surface area contributed by atoms with Gasteiger partial charge < -0.3 is 4.90 Å². The molecule has 15 heavy (non-hydrogen) atoms. The van der Waals surface area contributed by atoms with Crippen LogP contribution in [0.4, 0.5) is 0 Å². The Morgan fingerprint density at radius 2 is 1.73 bits per heavy atom. The highest BCUT2D eigenvalue weighted by Gasteiger charge is 2.25. The van der Waals surface area contributed by atoms with Crippen molar-refractivity contribution < 1.29 is 0 Å². The average Bonchev–Trinajstić information content (AvgIpc) is 2.32. The molecule has 1 heterocycles. The van der Waals surface area contributed by atoms with Gasteiger partial charge in [-0.25, -0.2) is 0 Å². The summed E-state index contributed by atoms with van der Waals surface area (Å²) in [5, 5.41) is 0. The summed E-state index contributed by atoms with van der Waals surface area (Å²) in [5.41, 5.74) is 0. The Bertz CT molecular complexity index is 164. The molecular formula is C14H26N. The van der Waals surface area contributed by atoms with Crippen LogP contribution in [0.25, 0.3) is 0 Å². The molecule has 1 saturated carbocycles. The van der Waals surface area contributed by atoms with Crippen LogP contribution in [0.2, 0.25) is 0 Å². The monoisotopic (exact) mass is 208 g/mol. The van der Waals surface area contributed by atoms with E-state index in [1.807, 2.05) is 0 Å². The first-order valence-corrected chi connectivity index (χ1v) is 6.96. The Labute approximate surface area is 95.2 Å². The fraction of sp³-hybridized carbons (Fsp3) is 0.929. The normalized spacial score (nSPS) is 34.2. The lowest BCUT2D eigenvalue weighted by Gasteiger charge is -2.38. The summed E-state index contributed by atoms with van der Waals surface area (Å²) in [5.74, 6) is 1.06. The summed E-state index contributed by atoms with van der Waals surface area (Å²) < 4.78 is 0. The molecule has 0 spiro atoms. The van der Waals surface area contributed by atoms with Crippen LogP contribution in [0.1, 0.15) is 58.3 Å². The number of hydrogen-bond acceptors (Lipinski definition) is 1. The van der Waals surface area contributed by atoms with E-state index in [4.69, 9.17) is 0 Å². The van der Waals surface area contributed by atoms with Gasteiger partial charge in [-0.2, -0.15) is 0 Å². The first-order chi connectivity index (χ1) is 7.40. The highest BCUT2D eigenvalue weighted by Crippen LogP contribution is 2.31. The van der Waals surface area contributed by atoms with E-state index in [1.165, 1.54) is 64.5 Å². The van der Waals surface area contributed by atoms with Crippen molar-refractivity contribution in [2.45, 2.75) is 64.3 Å². The standard InChI is InChI=1S/C14H26N/c1-2-6-13-7-9-14(10-8-13)15-11-4-3-5-12-15/h3,13-14H,2,4-12H2,1H3. The molecule has 1 aliphatic carbocycles. The molecule has 0 unspecified atom stereocenters.